The summed E-state index contributed by atoms with van der Waals surface area (Å²) in [7, 11) is 0. The number of amides is 1. The first kappa shape index (κ1) is 18.7. The van der Waals surface area contributed by atoms with Gasteiger partial charge in [0.1, 0.15) is 0 Å². The molecule has 0 fully saturated rings. The molecule has 0 aromatic heterocycles. The van der Waals surface area contributed by atoms with Gasteiger partial charge in [-0.25, -0.2) is 0 Å². The van der Waals surface area contributed by atoms with Gasteiger partial charge in [-0.15, -0.1) is 0 Å². The Hall–Kier alpha value is -3.11. The lowest BCUT2D eigenvalue weighted by Crippen LogP contribution is -2.51. The van der Waals surface area contributed by atoms with E-state index < -0.39 is 11.5 Å². The van der Waals surface area contributed by atoms with Crippen molar-refractivity contribution < 1.29 is 9.90 Å². The number of rotatable bonds is 7. The van der Waals surface area contributed by atoms with Crippen LogP contribution in [0.15, 0.2) is 84.9 Å². The molecule has 0 saturated heterocycles. The summed E-state index contributed by atoms with van der Waals surface area (Å²) in [6, 6.07) is 26.8. The maximum Gasteiger partial charge on any atom is 0.270 e. The van der Waals surface area contributed by atoms with Gasteiger partial charge in [0.2, 0.25) is 0 Å². The van der Waals surface area contributed by atoms with E-state index in [9.17, 15) is 9.90 Å². The summed E-state index contributed by atoms with van der Waals surface area (Å²) in [5, 5.41) is 11.3. The van der Waals surface area contributed by atoms with Crippen molar-refractivity contribution >= 4 is 11.6 Å². The molecule has 0 aliphatic rings. The second-order valence-electron chi connectivity index (χ2n) is 6.75. The zero-order chi connectivity index (χ0) is 19.1. The maximum atomic E-state index is 12.9. The number of aliphatic hydroxyl groups is 1. The maximum absolute atomic E-state index is 12.9. The number of aryl methyl sites for hydroxylation is 1. The van der Waals surface area contributed by atoms with E-state index in [4.69, 9.17) is 0 Å². The van der Waals surface area contributed by atoms with Crippen LogP contribution in [0.3, 0.4) is 0 Å². The van der Waals surface area contributed by atoms with Crippen LogP contribution in [0.25, 0.3) is 0 Å². The quantitative estimate of drug-likeness (QED) is 0.564. The Labute approximate surface area is 159 Å². The predicted octanol–water partition coefficient (Wildman–Crippen LogP) is 3.65. The van der Waals surface area contributed by atoms with E-state index in [-0.39, 0.29) is 12.8 Å². The minimum atomic E-state index is -1.57. The van der Waals surface area contributed by atoms with Crippen molar-refractivity contribution in [2.75, 3.05) is 5.43 Å². The summed E-state index contributed by atoms with van der Waals surface area (Å²) < 4.78 is 0. The first-order chi connectivity index (χ1) is 13.1. The number of anilines is 1. The van der Waals surface area contributed by atoms with Gasteiger partial charge in [0.15, 0.2) is 5.60 Å². The number of benzene rings is 3. The van der Waals surface area contributed by atoms with E-state index in [0.29, 0.717) is 0 Å². The molecule has 0 aliphatic carbocycles. The number of para-hydroxylation sites is 1. The van der Waals surface area contributed by atoms with Crippen LogP contribution in [0.5, 0.6) is 0 Å². The molecular weight excluding hydrogens is 336 g/mol. The predicted molar refractivity (Wildman–Crippen MR) is 108 cm³/mol. The summed E-state index contributed by atoms with van der Waals surface area (Å²) in [5.41, 5.74) is 7.66. The average Bonchev–Trinajstić information content (AvgIpc) is 2.68. The van der Waals surface area contributed by atoms with Crippen molar-refractivity contribution in [2.24, 2.45) is 0 Å². The molecule has 138 valence electrons. The molecule has 0 heterocycles. The molecule has 3 aromatic rings. The van der Waals surface area contributed by atoms with Gasteiger partial charge in [-0.1, -0.05) is 78.9 Å². The van der Waals surface area contributed by atoms with E-state index in [1.165, 1.54) is 0 Å². The molecule has 0 atom stereocenters. The molecule has 0 aliphatic heterocycles. The average molecular weight is 360 g/mol. The Bertz CT molecular complexity index is 838. The fraction of sp³-hybridized carbons (Fsp3) is 0.174. The third kappa shape index (κ3) is 4.96. The first-order valence-electron chi connectivity index (χ1n) is 8.99. The topological polar surface area (TPSA) is 61.4 Å². The second kappa shape index (κ2) is 8.52. The van der Waals surface area contributed by atoms with Gasteiger partial charge < -0.3 is 5.11 Å². The van der Waals surface area contributed by atoms with Gasteiger partial charge in [-0.2, -0.15) is 0 Å². The third-order valence-corrected chi connectivity index (χ3v) is 4.56. The van der Waals surface area contributed by atoms with Crippen molar-refractivity contribution in [3.8, 4) is 0 Å². The fourth-order valence-electron chi connectivity index (χ4n) is 3.04. The Kier molecular flexibility index (Phi) is 5.89. The lowest BCUT2D eigenvalue weighted by atomic mass is 9.87. The molecule has 0 spiro atoms. The Morgan fingerprint density at radius 1 is 0.815 bits per heavy atom. The van der Waals surface area contributed by atoms with Gasteiger partial charge in [-0.3, -0.25) is 15.6 Å². The SMILES string of the molecule is Cc1ccccc1NNC(=O)C(O)(Cc1ccccc1)Cc1ccccc1. The number of hydrogen-bond donors (Lipinski definition) is 3. The van der Waals surface area contributed by atoms with Gasteiger partial charge in [0, 0.05) is 12.8 Å². The molecule has 1 amide bonds. The first-order valence-corrected chi connectivity index (χ1v) is 8.99. The second-order valence-corrected chi connectivity index (χ2v) is 6.75. The van der Waals surface area contributed by atoms with Crippen LogP contribution in [0.4, 0.5) is 5.69 Å². The van der Waals surface area contributed by atoms with Crippen molar-refractivity contribution in [1.29, 1.82) is 0 Å². The van der Waals surface area contributed by atoms with E-state index in [0.717, 1.165) is 22.4 Å². The molecule has 0 radical (unpaired) electrons. The smallest absolute Gasteiger partial charge is 0.270 e. The van der Waals surface area contributed by atoms with E-state index in [2.05, 4.69) is 10.9 Å². The fourth-order valence-corrected chi connectivity index (χ4v) is 3.04. The molecular formula is C23H24N2O2. The van der Waals surface area contributed by atoms with Crippen LogP contribution in [0.1, 0.15) is 16.7 Å². The molecule has 4 nitrogen and oxygen atoms in total. The number of carbonyl (C=O) groups is 1. The summed E-state index contributed by atoms with van der Waals surface area (Å²) in [6.45, 7) is 1.95. The van der Waals surface area contributed by atoms with Crippen molar-refractivity contribution in [3.05, 3.63) is 102 Å². The summed E-state index contributed by atoms with van der Waals surface area (Å²) in [6.07, 6.45) is 0.452. The van der Waals surface area contributed by atoms with Crippen LogP contribution in [0, 0.1) is 6.92 Å². The summed E-state index contributed by atoms with van der Waals surface area (Å²) in [5.74, 6) is -0.460. The van der Waals surface area contributed by atoms with Crippen molar-refractivity contribution in [1.82, 2.24) is 5.43 Å². The highest BCUT2D eigenvalue weighted by Gasteiger charge is 2.36. The lowest BCUT2D eigenvalue weighted by Gasteiger charge is -2.28. The molecule has 3 N–H and O–H groups in total. The molecule has 27 heavy (non-hydrogen) atoms. The van der Waals surface area contributed by atoms with Crippen LogP contribution >= 0.6 is 0 Å². The highest BCUT2D eigenvalue weighted by Crippen LogP contribution is 2.20. The highest BCUT2D eigenvalue weighted by molar-refractivity contribution is 5.86. The zero-order valence-corrected chi connectivity index (χ0v) is 15.4. The van der Waals surface area contributed by atoms with Crippen LogP contribution < -0.4 is 10.9 Å². The van der Waals surface area contributed by atoms with E-state index in [1.807, 2.05) is 91.9 Å². The number of hydrazine groups is 1. The zero-order valence-electron chi connectivity index (χ0n) is 15.4. The lowest BCUT2D eigenvalue weighted by molar-refractivity contribution is -0.139. The Morgan fingerprint density at radius 3 is 1.81 bits per heavy atom. The minimum Gasteiger partial charge on any atom is -0.379 e. The summed E-state index contributed by atoms with van der Waals surface area (Å²) in [4.78, 5) is 12.9. The molecule has 4 heteroatoms. The van der Waals surface area contributed by atoms with Gasteiger partial charge in [0.25, 0.3) is 5.91 Å². The number of nitrogens with one attached hydrogen (secondary N) is 2. The van der Waals surface area contributed by atoms with Crippen molar-refractivity contribution in [3.63, 3.8) is 0 Å². The van der Waals surface area contributed by atoms with Gasteiger partial charge in [-0.05, 0) is 29.7 Å². The van der Waals surface area contributed by atoms with Gasteiger partial charge >= 0.3 is 0 Å². The number of carbonyl (C=O) groups excluding carboxylic acids is 1. The normalized spacial score (nSPS) is 11.0. The highest BCUT2D eigenvalue weighted by atomic mass is 16.3. The van der Waals surface area contributed by atoms with E-state index >= 15 is 0 Å². The molecule has 3 rings (SSSR count). The minimum absolute atomic E-state index is 0.226. The van der Waals surface area contributed by atoms with Crippen LogP contribution in [0.2, 0.25) is 0 Å². The summed E-state index contributed by atoms with van der Waals surface area (Å²) >= 11 is 0. The van der Waals surface area contributed by atoms with Crippen LogP contribution in [-0.2, 0) is 17.6 Å². The molecule has 0 unspecified atom stereocenters. The third-order valence-electron chi connectivity index (χ3n) is 4.56. The molecule has 0 saturated carbocycles. The monoisotopic (exact) mass is 360 g/mol. The molecule has 0 bridgehead atoms. The standard InChI is InChI=1S/C23H24N2O2/c1-18-10-8-9-15-21(18)24-25-22(26)23(27,16-19-11-4-2-5-12-19)17-20-13-6-3-7-14-20/h2-15,24,27H,16-17H2,1H3,(H,25,26). The largest absolute Gasteiger partial charge is 0.379 e. The molecule has 3 aromatic carbocycles. The Morgan fingerprint density at radius 2 is 1.30 bits per heavy atom. The van der Waals surface area contributed by atoms with Crippen LogP contribution in [-0.4, -0.2) is 16.6 Å². The Balaban J connectivity index is 1.79. The number of hydrogen-bond acceptors (Lipinski definition) is 3. The van der Waals surface area contributed by atoms with Crippen molar-refractivity contribution in [2.45, 2.75) is 25.4 Å². The van der Waals surface area contributed by atoms with E-state index in [1.54, 1.807) is 0 Å². The van der Waals surface area contributed by atoms with Gasteiger partial charge in [0.05, 0.1) is 5.69 Å².